The molecule has 0 aliphatic heterocycles. The molecule has 1 heterocycles. The summed E-state index contributed by atoms with van der Waals surface area (Å²) in [6.45, 7) is 5.14. The third kappa shape index (κ3) is 3.45. The van der Waals surface area contributed by atoms with E-state index in [4.69, 9.17) is 4.74 Å². The average molecular weight is 242 g/mol. The fraction of sp³-hybridized carbons (Fsp3) is 0.636. The van der Waals surface area contributed by atoms with E-state index in [1.807, 2.05) is 13.8 Å². The van der Waals surface area contributed by atoms with Gasteiger partial charge in [0.2, 0.25) is 0 Å². The molecule has 1 aromatic rings. The molecular weight excluding hydrogens is 224 g/mol. The molecule has 0 bridgehead atoms. The molecule has 6 heteroatoms. The Morgan fingerprint density at radius 1 is 1.65 bits per heavy atom. The van der Waals surface area contributed by atoms with Gasteiger partial charge in [0, 0.05) is 6.04 Å². The van der Waals surface area contributed by atoms with Crippen LogP contribution in [-0.2, 0) is 9.53 Å². The van der Waals surface area contributed by atoms with Crippen LogP contribution >= 0.6 is 0 Å². The SMILES string of the molecule is COC(=O)C(C)(O)COc1cnn(C(C)C)c1. The molecule has 0 fully saturated rings. The van der Waals surface area contributed by atoms with Crippen LogP contribution in [0.2, 0.25) is 0 Å². The van der Waals surface area contributed by atoms with Gasteiger partial charge in [-0.3, -0.25) is 4.68 Å². The Hall–Kier alpha value is -1.56. The highest BCUT2D eigenvalue weighted by Crippen LogP contribution is 2.15. The second-order valence-corrected chi connectivity index (χ2v) is 4.30. The fourth-order valence-electron chi connectivity index (χ4n) is 1.18. The summed E-state index contributed by atoms with van der Waals surface area (Å²) in [5.41, 5.74) is -1.66. The Morgan fingerprint density at radius 3 is 2.76 bits per heavy atom. The number of rotatable bonds is 5. The standard InChI is InChI=1S/C11H18N2O4/c1-8(2)13-6-9(5-12-13)17-7-11(3,15)10(14)16-4/h5-6,8,15H,7H2,1-4H3. The first-order valence-corrected chi connectivity index (χ1v) is 5.34. The van der Waals surface area contributed by atoms with Gasteiger partial charge in [-0.25, -0.2) is 4.79 Å². The van der Waals surface area contributed by atoms with Crippen LogP contribution in [0.4, 0.5) is 0 Å². The molecule has 6 nitrogen and oxygen atoms in total. The van der Waals surface area contributed by atoms with Gasteiger partial charge in [0.25, 0.3) is 0 Å². The zero-order chi connectivity index (χ0) is 13.1. The lowest BCUT2D eigenvalue weighted by molar-refractivity contribution is -0.163. The molecule has 1 unspecified atom stereocenters. The van der Waals surface area contributed by atoms with Crippen molar-refractivity contribution in [1.82, 2.24) is 9.78 Å². The van der Waals surface area contributed by atoms with Crippen LogP contribution in [0.25, 0.3) is 0 Å². The molecule has 0 aliphatic rings. The molecule has 0 saturated carbocycles. The third-order valence-electron chi connectivity index (χ3n) is 2.25. The van der Waals surface area contributed by atoms with E-state index >= 15 is 0 Å². The van der Waals surface area contributed by atoms with E-state index in [0.29, 0.717) is 5.75 Å². The third-order valence-corrected chi connectivity index (χ3v) is 2.25. The molecule has 0 radical (unpaired) electrons. The maximum absolute atomic E-state index is 11.2. The monoisotopic (exact) mass is 242 g/mol. The number of hydrogen-bond donors (Lipinski definition) is 1. The Morgan fingerprint density at radius 2 is 2.29 bits per heavy atom. The average Bonchev–Trinajstić information content (AvgIpc) is 2.74. The number of aliphatic hydroxyl groups is 1. The van der Waals surface area contributed by atoms with E-state index in [1.54, 1.807) is 10.9 Å². The molecule has 0 aromatic carbocycles. The zero-order valence-corrected chi connectivity index (χ0v) is 10.5. The van der Waals surface area contributed by atoms with Crippen LogP contribution in [-0.4, -0.2) is 40.2 Å². The van der Waals surface area contributed by atoms with E-state index in [1.165, 1.54) is 20.2 Å². The molecule has 17 heavy (non-hydrogen) atoms. The highest BCUT2D eigenvalue weighted by atomic mass is 16.6. The Labute approximate surface area is 100 Å². The first kappa shape index (κ1) is 13.5. The van der Waals surface area contributed by atoms with Gasteiger partial charge >= 0.3 is 5.97 Å². The number of carbonyl (C=O) groups is 1. The normalized spacial score (nSPS) is 14.5. The number of nitrogens with zero attached hydrogens (tertiary/aromatic N) is 2. The summed E-state index contributed by atoms with van der Waals surface area (Å²) in [6.07, 6.45) is 3.24. The van der Waals surface area contributed by atoms with Crippen molar-refractivity contribution < 1.29 is 19.4 Å². The lowest BCUT2D eigenvalue weighted by Crippen LogP contribution is -2.42. The minimum atomic E-state index is -1.66. The summed E-state index contributed by atoms with van der Waals surface area (Å²) in [5.74, 6) is -0.225. The van der Waals surface area contributed by atoms with Crippen LogP contribution in [0, 0.1) is 0 Å². The van der Waals surface area contributed by atoms with E-state index in [-0.39, 0.29) is 12.6 Å². The van der Waals surface area contributed by atoms with Crippen molar-refractivity contribution in [3.05, 3.63) is 12.4 Å². The van der Waals surface area contributed by atoms with E-state index in [9.17, 15) is 9.90 Å². The minimum Gasteiger partial charge on any atom is -0.487 e. The number of esters is 1. The van der Waals surface area contributed by atoms with Crippen LogP contribution in [0.5, 0.6) is 5.75 Å². The second-order valence-electron chi connectivity index (χ2n) is 4.30. The van der Waals surface area contributed by atoms with Crippen molar-refractivity contribution in [1.29, 1.82) is 0 Å². The first-order chi connectivity index (χ1) is 7.86. The summed E-state index contributed by atoms with van der Waals surface area (Å²) in [7, 11) is 1.22. The highest BCUT2D eigenvalue weighted by molar-refractivity contribution is 5.78. The van der Waals surface area contributed by atoms with Crippen molar-refractivity contribution in [3.63, 3.8) is 0 Å². The molecule has 1 aromatic heterocycles. The smallest absolute Gasteiger partial charge is 0.341 e. The Bertz CT molecular complexity index is 385. The van der Waals surface area contributed by atoms with E-state index < -0.39 is 11.6 Å². The minimum absolute atomic E-state index is 0.177. The van der Waals surface area contributed by atoms with Crippen molar-refractivity contribution in [2.24, 2.45) is 0 Å². The van der Waals surface area contributed by atoms with E-state index in [0.717, 1.165) is 0 Å². The van der Waals surface area contributed by atoms with Gasteiger partial charge < -0.3 is 14.6 Å². The number of hydrogen-bond acceptors (Lipinski definition) is 5. The predicted octanol–water partition coefficient (Wildman–Crippen LogP) is 0.767. The van der Waals surface area contributed by atoms with Gasteiger partial charge in [0.1, 0.15) is 6.61 Å². The Kier molecular flexibility index (Phi) is 4.11. The van der Waals surface area contributed by atoms with Gasteiger partial charge in [0.05, 0.1) is 19.5 Å². The highest BCUT2D eigenvalue weighted by Gasteiger charge is 2.32. The summed E-state index contributed by atoms with van der Waals surface area (Å²) >= 11 is 0. The Balaban J connectivity index is 2.58. The largest absolute Gasteiger partial charge is 0.487 e. The second kappa shape index (κ2) is 5.18. The van der Waals surface area contributed by atoms with Crippen molar-refractivity contribution in [3.8, 4) is 5.75 Å². The molecule has 0 aliphatic carbocycles. The molecule has 1 rings (SSSR count). The molecule has 96 valence electrons. The van der Waals surface area contributed by atoms with E-state index in [2.05, 4.69) is 9.84 Å². The number of aromatic nitrogens is 2. The van der Waals surface area contributed by atoms with Gasteiger partial charge in [-0.15, -0.1) is 0 Å². The van der Waals surface area contributed by atoms with Crippen molar-refractivity contribution in [2.75, 3.05) is 13.7 Å². The molecule has 1 N–H and O–H groups in total. The van der Waals surface area contributed by atoms with Crippen LogP contribution in [0.3, 0.4) is 0 Å². The number of ether oxygens (including phenoxy) is 2. The maximum atomic E-state index is 11.2. The molecule has 0 spiro atoms. The lowest BCUT2D eigenvalue weighted by atomic mass is 10.1. The summed E-state index contributed by atoms with van der Waals surface area (Å²) < 4.78 is 11.5. The van der Waals surface area contributed by atoms with Crippen LogP contribution < -0.4 is 4.74 Å². The molecule has 0 saturated heterocycles. The zero-order valence-electron chi connectivity index (χ0n) is 10.5. The van der Waals surface area contributed by atoms with Crippen molar-refractivity contribution in [2.45, 2.75) is 32.4 Å². The fourth-order valence-corrected chi connectivity index (χ4v) is 1.18. The maximum Gasteiger partial charge on any atom is 0.341 e. The predicted molar refractivity (Wildman–Crippen MR) is 60.7 cm³/mol. The van der Waals surface area contributed by atoms with Crippen LogP contribution in [0.15, 0.2) is 12.4 Å². The lowest BCUT2D eigenvalue weighted by Gasteiger charge is -2.19. The van der Waals surface area contributed by atoms with Gasteiger partial charge in [-0.2, -0.15) is 5.10 Å². The van der Waals surface area contributed by atoms with Gasteiger partial charge in [-0.05, 0) is 20.8 Å². The molecule has 0 amide bonds. The number of methoxy groups -OCH3 is 1. The van der Waals surface area contributed by atoms with Gasteiger partial charge in [-0.1, -0.05) is 0 Å². The number of carbonyl (C=O) groups excluding carboxylic acids is 1. The van der Waals surface area contributed by atoms with Gasteiger partial charge in [0.15, 0.2) is 11.4 Å². The first-order valence-electron chi connectivity index (χ1n) is 5.34. The summed E-state index contributed by atoms with van der Waals surface area (Å²) in [4.78, 5) is 11.2. The summed E-state index contributed by atoms with van der Waals surface area (Å²) in [6, 6.07) is 0.230. The molecular formula is C11H18N2O4. The quantitative estimate of drug-likeness (QED) is 0.772. The van der Waals surface area contributed by atoms with Crippen LogP contribution in [0.1, 0.15) is 26.8 Å². The topological polar surface area (TPSA) is 73.6 Å². The molecule has 1 atom stereocenters. The van der Waals surface area contributed by atoms with Crippen molar-refractivity contribution >= 4 is 5.97 Å². The summed E-state index contributed by atoms with van der Waals surface area (Å²) in [5, 5.41) is 13.8.